The number of aryl methyl sites for hydroxylation is 1. The quantitative estimate of drug-likeness (QED) is 0.937. The third-order valence-electron chi connectivity index (χ3n) is 3.58. The lowest BCUT2D eigenvalue weighted by Crippen LogP contribution is -2.41. The summed E-state index contributed by atoms with van der Waals surface area (Å²) in [4.78, 5) is 12.9. The number of carbonyl (C=O) groups is 1. The number of rotatable bonds is 4. The monoisotopic (exact) mass is 285 g/mol. The van der Waals surface area contributed by atoms with Gasteiger partial charge in [0.15, 0.2) is 0 Å². The van der Waals surface area contributed by atoms with Crippen molar-refractivity contribution >= 4 is 17.4 Å². The number of carbonyl (C=O) groups excluding carboxylic acids is 1. The van der Waals surface area contributed by atoms with E-state index in [4.69, 9.17) is 5.73 Å². The zero-order chi connectivity index (χ0) is 14.8. The van der Waals surface area contributed by atoms with Crippen molar-refractivity contribution in [3.63, 3.8) is 0 Å². The Bertz CT molecular complexity index is 672. The van der Waals surface area contributed by atoms with E-state index in [0.29, 0.717) is 22.6 Å². The largest absolute Gasteiger partial charge is 0.369 e. The molecule has 0 bridgehead atoms. The molecule has 1 unspecified atom stereocenters. The van der Waals surface area contributed by atoms with Gasteiger partial charge in [0.2, 0.25) is 5.91 Å². The summed E-state index contributed by atoms with van der Waals surface area (Å²) >= 11 is 1.18. The molecule has 20 heavy (non-hydrogen) atoms. The maximum atomic E-state index is 12.2. The number of nitriles is 1. The van der Waals surface area contributed by atoms with Crippen LogP contribution in [0.2, 0.25) is 0 Å². The Balaban J connectivity index is 2.78. The maximum Gasteiger partial charge on any atom is 0.233 e. The van der Waals surface area contributed by atoms with Gasteiger partial charge in [-0.05, 0) is 30.4 Å². The molecule has 0 spiro atoms. The topological polar surface area (TPSA) is 79.8 Å². The lowest BCUT2D eigenvalue weighted by atomic mass is 9.74. The average molecular weight is 285 g/mol. The van der Waals surface area contributed by atoms with Gasteiger partial charge in [0, 0.05) is 0 Å². The molecule has 2 rings (SSSR count). The van der Waals surface area contributed by atoms with Crippen molar-refractivity contribution in [3.8, 4) is 6.07 Å². The van der Waals surface area contributed by atoms with Crippen molar-refractivity contribution < 1.29 is 4.79 Å². The Morgan fingerprint density at radius 1 is 1.45 bits per heavy atom. The fourth-order valence-corrected chi connectivity index (χ4v) is 3.56. The van der Waals surface area contributed by atoms with Gasteiger partial charge >= 0.3 is 0 Å². The zero-order valence-corrected chi connectivity index (χ0v) is 12.2. The standard InChI is InChI=1S/C15H15N3OS/c1-3-15(14(17)19,11-7-5-4-6-8-11)13-12(9-16)10(2)18-20-13/h4-8H,3H2,1-2H3,(H2,17,19). The highest BCUT2D eigenvalue weighted by atomic mass is 32.1. The van der Waals surface area contributed by atoms with Crippen molar-refractivity contribution in [1.29, 1.82) is 5.26 Å². The SMILES string of the molecule is CCC(C(N)=O)(c1ccccc1)c1snc(C)c1C#N. The Labute approximate surface area is 122 Å². The fraction of sp³-hybridized carbons (Fsp3) is 0.267. The number of nitrogens with two attached hydrogens (primary N) is 1. The highest BCUT2D eigenvalue weighted by Crippen LogP contribution is 2.40. The van der Waals surface area contributed by atoms with Crippen LogP contribution in [0.15, 0.2) is 30.3 Å². The molecule has 0 fully saturated rings. The second-order valence-corrected chi connectivity index (χ2v) is 5.35. The predicted octanol–water partition coefficient (Wildman–Crippen LogP) is 2.50. The Morgan fingerprint density at radius 2 is 2.10 bits per heavy atom. The van der Waals surface area contributed by atoms with Crippen LogP contribution in [0.4, 0.5) is 0 Å². The molecule has 0 radical (unpaired) electrons. The van der Waals surface area contributed by atoms with Crippen LogP contribution in [0.25, 0.3) is 0 Å². The molecule has 1 aromatic carbocycles. The average Bonchev–Trinajstić information content (AvgIpc) is 2.82. The fourth-order valence-electron chi connectivity index (χ4n) is 2.44. The molecule has 0 aliphatic carbocycles. The summed E-state index contributed by atoms with van der Waals surface area (Å²) in [6.45, 7) is 3.67. The molecule has 2 N–H and O–H groups in total. The number of benzene rings is 1. The molecule has 2 aromatic rings. The van der Waals surface area contributed by atoms with Crippen molar-refractivity contribution in [2.24, 2.45) is 5.73 Å². The van der Waals surface area contributed by atoms with Gasteiger partial charge in [-0.2, -0.15) is 9.64 Å². The van der Waals surface area contributed by atoms with Crippen LogP contribution in [-0.2, 0) is 10.2 Å². The highest BCUT2D eigenvalue weighted by Gasteiger charge is 2.42. The van der Waals surface area contributed by atoms with Gasteiger partial charge in [-0.3, -0.25) is 4.79 Å². The summed E-state index contributed by atoms with van der Waals surface area (Å²) in [5.41, 5.74) is 6.62. The molecule has 0 saturated heterocycles. The first-order chi connectivity index (χ1) is 9.57. The third kappa shape index (κ3) is 1.98. The molecule has 102 valence electrons. The number of hydrogen-bond donors (Lipinski definition) is 1. The van der Waals surface area contributed by atoms with Crippen molar-refractivity contribution in [2.45, 2.75) is 25.7 Å². The molecule has 4 nitrogen and oxygen atoms in total. The van der Waals surface area contributed by atoms with E-state index in [9.17, 15) is 10.1 Å². The van der Waals surface area contributed by atoms with E-state index in [2.05, 4.69) is 10.4 Å². The molecule has 1 atom stereocenters. The summed E-state index contributed by atoms with van der Waals surface area (Å²) in [6, 6.07) is 11.5. The van der Waals surface area contributed by atoms with Crippen LogP contribution in [0.3, 0.4) is 0 Å². The normalized spacial score (nSPS) is 13.4. The van der Waals surface area contributed by atoms with Gasteiger partial charge in [0.1, 0.15) is 11.5 Å². The minimum absolute atomic E-state index is 0.452. The minimum Gasteiger partial charge on any atom is -0.369 e. The highest BCUT2D eigenvalue weighted by molar-refractivity contribution is 7.06. The number of aromatic nitrogens is 1. The second kappa shape index (κ2) is 5.43. The summed E-state index contributed by atoms with van der Waals surface area (Å²) in [7, 11) is 0. The first kappa shape index (κ1) is 14.2. The molecule has 1 aromatic heterocycles. The smallest absolute Gasteiger partial charge is 0.233 e. The van der Waals surface area contributed by atoms with Crippen molar-refractivity contribution in [1.82, 2.24) is 4.37 Å². The number of amides is 1. The van der Waals surface area contributed by atoms with E-state index in [1.54, 1.807) is 6.92 Å². The van der Waals surface area contributed by atoms with E-state index < -0.39 is 11.3 Å². The summed E-state index contributed by atoms with van der Waals surface area (Å²) in [5.74, 6) is -0.452. The van der Waals surface area contributed by atoms with Crippen LogP contribution in [-0.4, -0.2) is 10.3 Å². The third-order valence-corrected chi connectivity index (χ3v) is 4.68. The molecular weight excluding hydrogens is 270 g/mol. The molecule has 1 amide bonds. The minimum atomic E-state index is -0.988. The Hall–Kier alpha value is -2.19. The lowest BCUT2D eigenvalue weighted by Gasteiger charge is -2.29. The maximum absolute atomic E-state index is 12.2. The van der Waals surface area contributed by atoms with Gasteiger partial charge < -0.3 is 5.73 Å². The lowest BCUT2D eigenvalue weighted by molar-refractivity contribution is -0.122. The predicted molar refractivity (Wildman–Crippen MR) is 78.3 cm³/mol. The van der Waals surface area contributed by atoms with Crippen LogP contribution < -0.4 is 5.73 Å². The van der Waals surface area contributed by atoms with Crippen LogP contribution in [0.1, 0.15) is 35.0 Å². The number of primary amides is 1. The summed E-state index contributed by atoms with van der Waals surface area (Å²) in [5, 5.41) is 9.34. The molecule has 0 aliphatic heterocycles. The van der Waals surface area contributed by atoms with E-state index in [-0.39, 0.29) is 0 Å². The number of nitrogens with zero attached hydrogens (tertiary/aromatic N) is 2. The van der Waals surface area contributed by atoms with Crippen molar-refractivity contribution in [3.05, 3.63) is 52.0 Å². The molecule has 0 saturated carbocycles. The molecular formula is C15H15N3OS. The van der Waals surface area contributed by atoms with Gasteiger partial charge in [-0.15, -0.1) is 0 Å². The summed E-state index contributed by atoms with van der Waals surface area (Å²) < 4.78 is 4.22. The van der Waals surface area contributed by atoms with Gasteiger partial charge in [-0.25, -0.2) is 0 Å². The van der Waals surface area contributed by atoms with Crippen LogP contribution in [0.5, 0.6) is 0 Å². The van der Waals surface area contributed by atoms with E-state index in [1.165, 1.54) is 11.5 Å². The van der Waals surface area contributed by atoms with E-state index in [0.717, 1.165) is 5.56 Å². The van der Waals surface area contributed by atoms with E-state index >= 15 is 0 Å². The Morgan fingerprint density at radius 3 is 2.60 bits per heavy atom. The van der Waals surface area contributed by atoms with E-state index in [1.807, 2.05) is 37.3 Å². The van der Waals surface area contributed by atoms with Gasteiger partial charge in [0.05, 0.1) is 16.1 Å². The summed E-state index contributed by atoms with van der Waals surface area (Å²) in [6.07, 6.45) is 0.489. The molecule has 0 aliphatic rings. The Kier molecular flexibility index (Phi) is 3.86. The van der Waals surface area contributed by atoms with Gasteiger partial charge in [-0.1, -0.05) is 37.3 Å². The first-order valence-electron chi connectivity index (χ1n) is 6.30. The number of hydrogen-bond acceptors (Lipinski definition) is 4. The van der Waals surface area contributed by atoms with Crippen molar-refractivity contribution in [2.75, 3.05) is 0 Å². The molecule has 5 heteroatoms. The zero-order valence-electron chi connectivity index (χ0n) is 11.4. The second-order valence-electron chi connectivity index (χ2n) is 4.57. The first-order valence-corrected chi connectivity index (χ1v) is 7.07. The van der Waals surface area contributed by atoms with Gasteiger partial charge in [0.25, 0.3) is 0 Å². The van der Waals surface area contributed by atoms with Crippen LogP contribution >= 0.6 is 11.5 Å². The molecule has 1 heterocycles. The van der Waals surface area contributed by atoms with Crippen LogP contribution in [0, 0.1) is 18.3 Å².